The average Bonchev–Trinajstić information content (AvgIpc) is 3.21. The molecule has 1 saturated heterocycles. The third-order valence-electron chi connectivity index (χ3n) is 5.73. The van der Waals surface area contributed by atoms with Crippen molar-refractivity contribution >= 4 is 5.96 Å². The predicted molar refractivity (Wildman–Crippen MR) is 86.2 cm³/mol. The Balaban J connectivity index is 1.88. The van der Waals surface area contributed by atoms with E-state index in [1.165, 1.54) is 12.8 Å². The molecule has 1 unspecified atom stereocenters. The molecule has 2 aliphatic rings. The van der Waals surface area contributed by atoms with Gasteiger partial charge in [-0.2, -0.15) is 0 Å². The van der Waals surface area contributed by atoms with Crippen LogP contribution >= 0.6 is 0 Å². The molecule has 1 heterocycles. The van der Waals surface area contributed by atoms with Crippen molar-refractivity contribution in [1.82, 2.24) is 15.1 Å². The number of nitrogens with one attached hydrogen (secondary N) is 1. The molecule has 0 aromatic heterocycles. The minimum absolute atomic E-state index is 0.167. The average molecular weight is 280 g/mol. The maximum Gasteiger partial charge on any atom is 0.194 e. The highest BCUT2D eigenvalue weighted by Gasteiger charge is 2.53. The molecule has 0 aromatic rings. The number of hydrogen-bond donors (Lipinski definition) is 1. The van der Waals surface area contributed by atoms with Crippen molar-refractivity contribution in [1.29, 1.82) is 0 Å². The van der Waals surface area contributed by atoms with Crippen molar-refractivity contribution in [2.75, 3.05) is 27.2 Å². The second-order valence-electron chi connectivity index (χ2n) is 7.70. The quantitative estimate of drug-likeness (QED) is 0.632. The lowest BCUT2D eigenvalue weighted by Gasteiger charge is -2.62. The highest BCUT2D eigenvalue weighted by atomic mass is 15.4. The monoisotopic (exact) mass is 280 g/mol. The molecule has 1 aliphatic carbocycles. The number of likely N-dealkylation sites (tertiary alicyclic amines) is 1. The van der Waals surface area contributed by atoms with Crippen LogP contribution in [0.1, 0.15) is 47.5 Å². The maximum absolute atomic E-state index is 4.48. The Bertz CT molecular complexity index is 382. The van der Waals surface area contributed by atoms with E-state index in [9.17, 15) is 0 Å². The van der Waals surface area contributed by atoms with Crippen molar-refractivity contribution in [2.45, 2.75) is 65.1 Å². The summed E-state index contributed by atoms with van der Waals surface area (Å²) in [5.74, 6) is 1.05. The predicted octanol–water partition coefficient (Wildman–Crippen LogP) is 2.16. The highest BCUT2D eigenvalue weighted by Crippen LogP contribution is 2.46. The van der Waals surface area contributed by atoms with E-state index in [4.69, 9.17) is 0 Å². The van der Waals surface area contributed by atoms with Crippen LogP contribution in [-0.2, 0) is 0 Å². The van der Waals surface area contributed by atoms with E-state index >= 15 is 0 Å². The number of hydrogen-bond acceptors (Lipinski definition) is 2. The Labute approximate surface area is 124 Å². The van der Waals surface area contributed by atoms with E-state index in [2.05, 4.69) is 61.8 Å². The first-order valence-electron chi connectivity index (χ1n) is 7.91. The molecule has 1 saturated carbocycles. The Morgan fingerprint density at radius 2 is 1.95 bits per heavy atom. The van der Waals surface area contributed by atoms with Gasteiger partial charge in [-0.15, -0.1) is 0 Å². The SMILES string of the molecule is CN=C(NCC(C)N(C)C1CC1)N1CC(C)(C)C1(C)C. The number of aliphatic imine (C=N–C) groups is 1. The van der Waals surface area contributed by atoms with Gasteiger partial charge in [0, 0.05) is 43.2 Å². The molecular weight excluding hydrogens is 248 g/mol. The van der Waals surface area contributed by atoms with E-state index < -0.39 is 0 Å². The number of guanidine groups is 1. The normalized spacial score (nSPS) is 26.4. The fourth-order valence-corrected chi connectivity index (χ4v) is 2.92. The van der Waals surface area contributed by atoms with Crippen LogP contribution in [-0.4, -0.2) is 60.6 Å². The highest BCUT2D eigenvalue weighted by molar-refractivity contribution is 5.82. The molecule has 4 nitrogen and oxygen atoms in total. The van der Waals surface area contributed by atoms with Gasteiger partial charge in [-0.05, 0) is 40.7 Å². The van der Waals surface area contributed by atoms with Crippen LogP contribution in [0, 0.1) is 5.41 Å². The van der Waals surface area contributed by atoms with E-state index in [0.717, 1.165) is 25.1 Å². The van der Waals surface area contributed by atoms with Crippen LogP contribution in [0.15, 0.2) is 4.99 Å². The van der Waals surface area contributed by atoms with Crippen molar-refractivity contribution in [2.24, 2.45) is 10.4 Å². The summed E-state index contributed by atoms with van der Waals surface area (Å²) >= 11 is 0. The summed E-state index contributed by atoms with van der Waals surface area (Å²) in [6.45, 7) is 13.6. The lowest BCUT2D eigenvalue weighted by molar-refractivity contribution is -0.0668. The minimum Gasteiger partial charge on any atom is -0.355 e. The van der Waals surface area contributed by atoms with Crippen LogP contribution in [0.3, 0.4) is 0 Å². The van der Waals surface area contributed by atoms with Crippen molar-refractivity contribution in [3.05, 3.63) is 0 Å². The van der Waals surface area contributed by atoms with Crippen LogP contribution < -0.4 is 5.32 Å². The third kappa shape index (κ3) is 2.67. The summed E-state index contributed by atoms with van der Waals surface area (Å²) in [7, 11) is 4.13. The van der Waals surface area contributed by atoms with Crippen LogP contribution in [0.2, 0.25) is 0 Å². The first-order valence-corrected chi connectivity index (χ1v) is 7.91. The first kappa shape index (κ1) is 15.6. The van der Waals surface area contributed by atoms with Gasteiger partial charge >= 0.3 is 0 Å². The molecule has 2 fully saturated rings. The van der Waals surface area contributed by atoms with Gasteiger partial charge in [0.1, 0.15) is 0 Å². The van der Waals surface area contributed by atoms with Crippen molar-refractivity contribution < 1.29 is 0 Å². The molecule has 0 aromatic carbocycles. The molecule has 1 aliphatic heterocycles. The molecule has 0 spiro atoms. The Morgan fingerprint density at radius 3 is 2.35 bits per heavy atom. The Morgan fingerprint density at radius 1 is 1.35 bits per heavy atom. The Hall–Kier alpha value is -0.770. The standard InChI is InChI=1S/C16H32N4/c1-12(19(7)13-8-9-13)10-18-14(17-6)20-11-15(2,3)16(20,4)5/h12-13H,8-11H2,1-7H3,(H,17,18). The largest absolute Gasteiger partial charge is 0.355 e. The van der Waals surface area contributed by atoms with Gasteiger partial charge in [0.2, 0.25) is 0 Å². The summed E-state index contributed by atoms with van der Waals surface area (Å²) in [6, 6.07) is 1.37. The maximum atomic E-state index is 4.48. The molecule has 2 rings (SSSR count). The molecular formula is C16H32N4. The molecule has 20 heavy (non-hydrogen) atoms. The summed E-state index contributed by atoms with van der Waals surface area (Å²) in [5.41, 5.74) is 0.515. The first-order chi connectivity index (χ1) is 9.20. The molecule has 0 bridgehead atoms. The molecule has 0 amide bonds. The second-order valence-corrected chi connectivity index (χ2v) is 7.70. The summed E-state index contributed by atoms with van der Waals surface area (Å²) in [5, 5.41) is 3.56. The molecule has 1 N–H and O–H groups in total. The van der Waals surface area contributed by atoms with E-state index in [1.54, 1.807) is 0 Å². The second kappa shape index (κ2) is 5.21. The lowest BCUT2D eigenvalue weighted by Crippen LogP contribution is -2.72. The van der Waals surface area contributed by atoms with Crippen molar-refractivity contribution in [3.63, 3.8) is 0 Å². The molecule has 4 heteroatoms. The fraction of sp³-hybridized carbons (Fsp3) is 0.938. The van der Waals surface area contributed by atoms with Crippen LogP contribution in [0.4, 0.5) is 0 Å². The minimum atomic E-state index is 0.167. The Kier molecular flexibility index (Phi) is 4.07. The number of rotatable bonds is 4. The van der Waals surface area contributed by atoms with E-state index in [0.29, 0.717) is 11.5 Å². The number of likely N-dealkylation sites (N-methyl/N-ethyl adjacent to an activating group) is 1. The van der Waals surface area contributed by atoms with Gasteiger partial charge < -0.3 is 10.2 Å². The van der Waals surface area contributed by atoms with Crippen LogP contribution in [0.25, 0.3) is 0 Å². The molecule has 0 radical (unpaired) electrons. The molecule has 116 valence electrons. The van der Waals surface area contributed by atoms with Crippen LogP contribution in [0.5, 0.6) is 0 Å². The van der Waals surface area contributed by atoms with E-state index in [-0.39, 0.29) is 5.54 Å². The van der Waals surface area contributed by atoms with Gasteiger partial charge in [-0.25, -0.2) is 0 Å². The topological polar surface area (TPSA) is 30.9 Å². The fourth-order valence-electron chi connectivity index (χ4n) is 2.92. The van der Waals surface area contributed by atoms with Gasteiger partial charge in [0.25, 0.3) is 0 Å². The van der Waals surface area contributed by atoms with Gasteiger partial charge in [0.05, 0.1) is 0 Å². The molecule has 1 atom stereocenters. The third-order valence-corrected chi connectivity index (χ3v) is 5.73. The van der Waals surface area contributed by atoms with Crippen molar-refractivity contribution in [3.8, 4) is 0 Å². The van der Waals surface area contributed by atoms with Gasteiger partial charge in [-0.3, -0.25) is 9.89 Å². The number of nitrogens with zero attached hydrogens (tertiary/aromatic N) is 3. The zero-order chi connectivity index (χ0) is 15.1. The van der Waals surface area contributed by atoms with Gasteiger partial charge in [0.15, 0.2) is 5.96 Å². The lowest BCUT2D eigenvalue weighted by atomic mass is 9.65. The zero-order valence-corrected chi connectivity index (χ0v) is 14.3. The van der Waals surface area contributed by atoms with Gasteiger partial charge in [-0.1, -0.05) is 13.8 Å². The van der Waals surface area contributed by atoms with E-state index in [1.807, 2.05) is 7.05 Å². The zero-order valence-electron chi connectivity index (χ0n) is 14.3. The smallest absolute Gasteiger partial charge is 0.194 e. The summed E-state index contributed by atoms with van der Waals surface area (Å²) < 4.78 is 0. The summed E-state index contributed by atoms with van der Waals surface area (Å²) in [4.78, 5) is 9.37. The summed E-state index contributed by atoms with van der Waals surface area (Å²) in [6.07, 6.45) is 2.73.